The van der Waals surface area contributed by atoms with Crippen LogP contribution in [0.25, 0.3) is 16.4 Å². The highest BCUT2D eigenvalue weighted by atomic mass is 32.2. The molecule has 0 spiro atoms. The molecular formula is C19H14FN3S2. The summed E-state index contributed by atoms with van der Waals surface area (Å²) in [6.07, 6.45) is 0. The predicted octanol–water partition coefficient (Wildman–Crippen LogP) is 5.43. The molecule has 4 aromatic rings. The van der Waals surface area contributed by atoms with Crippen molar-refractivity contribution in [3.63, 3.8) is 0 Å². The van der Waals surface area contributed by atoms with Crippen molar-refractivity contribution in [2.75, 3.05) is 0 Å². The lowest BCUT2D eigenvalue weighted by atomic mass is 10.2. The quantitative estimate of drug-likeness (QED) is 0.441. The standard InChI is InChI=1S/C19H14FN3S2/c20-16-10-5-4-7-14(16)13-25-19-22-21-18(17-11-6-12-24-17)23(19)15-8-2-1-3-9-15/h1-12H,13H2. The molecule has 2 aromatic carbocycles. The van der Waals surface area contributed by atoms with Crippen LogP contribution < -0.4 is 0 Å². The Morgan fingerprint density at radius 3 is 2.48 bits per heavy atom. The zero-order valence-electron chi connectivity index (χ0n) is 13.2. The van der Waals surface area contributed by atoms with Gasteiger partial charge in [-0.1, -0.05) is 54.2 Å². The van der Waals surface area contributed by atoms with Crippen LogP contribution in [0.4, 0.5) is 4.39 Å². The van der Waals surface area contributed by atoms with E-state index in [4.69, 9.17) is 0 Å². The van der Waals surface area contributed by atoms with E-state index in [2.05, 4.69) is 10.2 Å². The summed E-state index contributed by atoms with van der Waals surface area (Å²) in [6.45, 7) is 0. The zero-order chi connectivity index (χ0) is 17.1. The van der Waals surface area contributed by atoms with Crippen LogP contribution in [0.5, 0.6) is 0 Å². The molecule has 0 aliphatic carbocycles. The minimum Gasteiger partial charge on any atom is -0.269 e. The molecule has 6 heteroatoms. The van der Waals surface area contributed by atoms with Gasteiger partial charge in [-0.3, -0.25) is 4.57 Å². The lowest BCUT2D eigenvalue weighted by molar-refractivity contribution is 0.617. The van der Waals surface area contributed by atoms with Crippen LogP contribution in [0.15, 0.2) is 77.3 Å². The van der Waals surface area contributed by atoms with Gasteiger partial charge >= 0.3 is 0 Å². The average molecular weight is 367 g/mol. The van der Waals surface area contributed by atoms with Crippen molar-refractivity contribution >= 4 is 23.1 Å². The van der Waals surface area contributed by atoms with Gasteiger partial charge in [0.1, 0.15) is 5.82 Å². The molecule has 0 bridgehead atoms. The molecular weight excluding hydrogens is 353 g/mol. The minimum atomic E-state index is -0.195. The molecule has 0 aliphatic rings. The van der Waals surface area contributed by atoms with Crippen molar-refractivity contribution in [1.82, 2.24) is 14.8 Å². The van der Waals surface area contributed by atoms with Gasteiger partial charge in [-0.05, 0) is 35.2 Å². The second-order valence-electron chi connectivity index (χ2n) is 5.33. The fraction of sp³-hybridized carbons (Fsp3) is 0.0526. The third-order valence-corrected chi connectivity index (χ3v) is 5.55. The van der Waals surface area contributed by atoms with Crippen LogP contribution >= 0.6 is 23.1 Å². The van der Waals surface area contributed by atoms with E-state index in [-0.39, 0.29) is 5.82 Å². The predicted molar refractivity (Wildman–Crippen MR) is 101 cm³/mol. The first-order chi connectivity index (χ1) is 12.3. The van der Waals surface area contributed by atoms with E-state index in [1.54, 1.807) is 23.5 Å². The molecule has 0 radical (unpaired) electrons. The largest absolute Gasteiger partial charge is 0.269 e. The van der Waals surface area contributed by atoms with Gasteiger partial charge in [0, 0.05) is 11.4 Å². The number of hydrogen-bond acceptors (Lipinski definition) is 4. The fourth-order valence-corrected chi connectivity index (χ4v) is 4.13. The Morgan fingerprint density at radius 2 is 1.72 bits per heavy atom. The number of thiophene rings is 1. The van der Waals surface area contributed by atoms with Crippen molar-refractivity contribution in [3.8, 4) is 16.4 Å². The summed E-state index contributed by atoms with van der Waals surface area (Å²) in [4.78, 5) is 1.05. The van der Waals surface area contributed by atoms with Gasteiger partial charge in [-0.25, -0.2) is 4.39 Å². The Kier molecular flexibility index (Phi) is 4.63. The van der Waals surface area contributed by atoms with E-state index in [1.807, 2.05) is 58.5 Å². The average Bonchev–Trinajstić information content (AvgIpc) is 3.31. The van der Waals surface area contributed by atoms with Crippen LogP contribution in [0, 0.1) is 5.82 Å². The van der Waals surface area contributed by atoms with Crippen LogP contribution in [0.2, 0.25) is 0 Å². The van der Waals surface area contributed by atoms with Crippen molar-refractivity contribution in [2.24, 2.45) is 0 Å². The summed E-state index contributed by atoms with van der Waals surface area (Å²) in [5.41, 5.74) is 1.65. The Hall–Kier alpha value is -2.44. The Morgan fingerprint density at radius 1 is 0.920 bits per heavy atom. The number of rotatable bonds is 5. The van der Waals surface area contributed by atoms with Crippen LogP contribution in [0.1, 0.15) is 5.56 Å². The van der Waals surface area contributed by atoms with Crippen LogP contribution in [-0.2, 0) is 5.75 Å². The molecule has 0 aliphatic heterocycles. The second kappa shape index (κ2) is 7.21. The molecule has 2 aromatic heterocycles. The summed E-state index contributed by atoms with van der Waals surface area (Å²) < 4.78 is 15.9. The van der Waals surface area contributed by atoms with Gasteiger partial charge < -0.3 is 0 Å². The van der Waals surface area contributed by atoms with Gasteiger partial charge in [0.15, 0.2) is 11.0 Å². The second-order valence-corrected chi connectivity index (χ2v) is 7.22. The van der Waals surface area contributed by atoms with Crippen molar-refractivity contribution < 1.29 is 4.39 Å². The summed E-state index contributed by atoms with van der Waals surface area (Å²) in [6, 6.07) is 20.8. The maximum atomic E-state index is 13.9. The highest BCUT2D eigenvalue weighted by Gasteiger charge is 2.17. The highest BCUT2D eigenvalue weighted by Crippen LogP contribution is 2.31. The van der Waals surface area contributed by atoms with Crippen molar-refractivity contribution in [1.29, 1.82) is 0 Å². The molecule has 0 unspecified atom stereocenters. The minimum absolute atomic E-state index is 0.195. The number of hydrogen-bond donors (Lipinski definition) is 0. The van der Waals surface area contributed by atoms with E-state index >= 15 is 0 Å². The topological polar surface area (TPSA) is 30.7 Å². The summed E-state index contributed by atoms with van der Waals surface area (Å²) in [7, 11) is 0. The molecule has 25 heavy (non-hydrogen) atoms. The van der Waals surface area contributed by atoms with Crippen LogP contribution in [0.3, 0.4) is 0 Å². The zero-order valence-corrected chi connectivity index (χ0v) is 14.8. The van der Waals surface area contributed by atoms with Gasteiger partial charge in [-0.2, -0.15) is 0 Å². The molecule has 3 nitrogen and oxygen atoms in total. The Balaban J connectivity index is 1.72. The summed E-state index contributed by atoms with van der Waals surface area (Å²) >= 11 is 3.10. The molecule has 0 saturated carbocycles. The molecule has 124 valence electrons. The summed E-state index contributed by atoms with van der Waals surface area (Å²) in [5, 5.41) is 11.5. The van der Waals surface area contributed by atoms with Gasteiger partial charge in [0.05, 0.1) is 4.88 Å². The summed E-state index contributed by atoms with van der Waals surface area (Å²) in [5.74, 6) is 1.11. The molecule has 0 N–H and O–H groups in total. The maximum Gasteiger partial charge on any atom is 0.196 e. The first kappa shape index (κ1) is 16.1. The van der Waals surface area contributed by atoms with E-state index < -0.39 is 0 Å². The number of benzene rings is 2. The number of thioether (sulfide) groups is 1. The van der Waals surface area contributed by atoms with E-state index in [9.17, 15) is 4.39 Å². The van der Waals surface area contributed by atoms with Gasteiger partial charge in [0.25, 0.3) is 0 Å². The lowest BCUT2D eigenvalue weighted by Crippen LogP contribution is -1.99. The van der Waals surface area contributed by atoms with Crippen LogP contribution in [-0.4, -0.2) is 14.8 Å². The molecule has 0 fully saturated rings. The van der Waals surface area contributed by atoms with E-state index in [1.165, 1.54) is 17.8 Å². The van der Waals surface area contributed by atoms with Gasteiger partial charge in [0.2, 0.25) is 0 Å². The fourth-order valence-electron chi connectivity index (χ4n) is 2.50. The number of halogens is 1. The van der Waals surface area contributed by atoms with Crippen molar-refractivity contribution in [3.05, 3.63) is 83.5 Å². The monoisotopic (exact) mass is 367 g/mol. The SMILES string of the molecule is Fc1ccccc1CSc1nnc(-c2cccs2)n1-c1ccccc1. The number of nitrogens with zero attached hydrogens (tertiary/aromatic N) is 3. The first-order valence-electron chi connectivity index (χ1n) is 7.74. The molecule has 0 atom stereocenters. The Bertz CT molecular complexity index is 966. The highest BCUT2D eigenvalue weighted by molar-refractivity contribution is 7.98. The van der Waals surface area contributed by atoms with Gasteiger partial charge in [-0.15, -0.1) is 21.5 Å². The maximum absolute atomic E-state index is 13.9. The van der Waals surface area contributed by atoms with E-state index in [0.717, 1.165) is 21.5 Å². The van der Waals surface area contributed by atoms with Crippen molar-refractivity contribution in [2.45, 2.75) is 10.9 Å². The first-order valence-corrected chi connectivity index (χ1v) is 9.60. The third kappa shape index (κ3) is 3.36. The molecule has 0 amide bonds. The molecule has 0 saturated heterocycles. The lowest BCUT2D eigenvalue weighted by Gasteiger charge is -2.09. The Labute approximate surface area is 153 Å². The smallest absolute Gasteiger partial charge is 0.196 e. The molecule has 4 rings (SSSR count). The normalized spacial score (nSPS) is 10.9. The number of aromatic nitrogens is 3. The number of para-hydroxylation sites is 1. The molecule has 2 heterocycles. The van der Waals surface area contributed by atoms with E-state index in [0.29, 0.717) is 11.3 Å². The third-order valence-electron chi connectivity index (χ3n) is 3.70.